The second-order valence-corrected chi connectivity index (χ2v) is 6.96. The quantitative estimate of drug-likeness (QED) is 0.864. The van der Waals surface area contributed by atoms with Gasteiger partial charge in [0.15, 0.2) is 5.78 Å². The van der Waals surface area contributed by atoms with Crippen molar-refractivity contribution in [2.75, 3.05) is 18.4 Å². The van der Waals surface area contributed by atoms with Crippen molar-refractivity contribution in [1.29, 1.82) is 0 Å². The molecule has 1 aliphatic heterocycles. The smallest absolute Gasteiger partial charge is 0.229 e. The lowest BCUT2D eigenvalue weighted by atomic mass is 9.89. The molecular weight excluding hydrogens is 352 g/mol. The Hall–Kier alpha value is -2.18. The third-order valence-corrected chi connectivity index (χ3v) is 5.23. The molecule has 1 amide bonds. The van der Waals surface area contributed by atoms with Gasteiger partial charge in [0.25, 0.3) is 0 Å². The monoisotopic (exact) mass is 374 g/mol. The molecule has 2 atom stereocenters. The molecule has 2 aliphatic rings. The zero-order chi connectivity index (χ0) is 17.4. The molecule has 0 spiro atoms. The highest BCUT2D eigenvalue weighted by Crippen LogP contribution is 2.30. The van der Waals surface area contributed by atoms with Crippen LogP contribution in [0.5, 0.6) is 0 Å². The largest absolute Gasteiger partial charge is 0.326 e. The predicted octanol–water partition coefficient (Wildman–Crippen LogP) is 2.30. The average Bonchev–Trinajstić information content (AvgIpc) is 3.24. The lowest BCUT2D eigenvalue weighted by molar-refractivity contribution is -0.119. The van der Waals surface area contributed by atoms with Gasteiger partial charge in [-0.05, 0) is 36.1 Å². The van der Waals surface area contributed by atoms with Crippen LogP contribution >= 0.6 is 12.4 Å². The van der Waals surface area contributed by atoms with Gasteiger partial charge < -0.3 is 10.6 Å². The molecule has 1 saturated heterocycles. The molecule has 7 heteroatoms. The van der Waals surface area contributed by atoms with E-state index in [0.717, 1.165) is 36.1 Å². The van der Waals surface area contributed by atoms with Crippen molar-refractivity contribution in [3.8, 4) is 0 Å². The van der Waals surface area contributed by atoms with E-state index in [1.165, 1.54) is 0 Å². The van der Waals surface area contributed by atoms with E-state index in [1.54, 1.807) is 4.68 Å². The van der Waals surface area contributed by atoms with E-state index in [0.29, 0.717) is 18.7 Å². The highest BCUT2D eigenvalue weighted by Gasteiger charge is 2.34. The van der Waals surface area contributed by atoms with Crippen LogP contribution in [0, 0.1) is 5.92 Å². The van der Waals surface area contributed by atoms with Crippen molar-refractivity contribution in [2.45, 2.75) is 25.2 Å². The fraction of sp³-hybridized carbons (Fsp3) is 0.421. The Morgan fingerprint density at radius 2 is 2.15 bits per heavy atom. The highest BCUT2D eigenvalue weighted by atomic mass is 35.5. The molecule has 1 aliphatic carbocycles. The molecule has 138 valence electrons. The fourth-order valence-electron chi connectivity index (χ4n) is 3.88. The third-order valence-electron chi connectivity index (χ3n) is 5.23. The molecule has 2 aromatic rings. The number of ketones is 1. The zero-order valence-corrected chi connectivity index (χ0v) is 15.5. The Morgan fingerprint density at radius 1 is 1.31 bits per heavy atom. The van der Waals surface area contributed by atoms with Crippen LogP contribution in [0.25, 0.3) is 0 Å². The summed E-state index contributed by atoms with van der Waals surface area (Å²) in [6.45, 7) is 1.42. The normalized spacial score (nSPS) is 21.8. The van der Waals surface area contributed by atoms with E-state index in [1.807, 2.05) is 37.6 Å². The van der Waals surface area contributed by atoms with Crippen LogP contribution in [-0.2, 0) is 18.3 Å². The maximum absolute atomic E-state index is 12.8. The number of nitrogens with zero attached hydrogens (tertiary/aromatic N) is 2. The number of carbonyl (C=O) groups is 2. The van der Waals surface area contributed by atoms with Gasteiger partial charge in [0, 0.05) is 49.9 Å². The summed E-state index contributed by atoms with van der Waals surface area (Å²) >= 11 is 0. The maximum Gasteiger partial charge on any atom is 0.229 e. The summed E-state index contributed by atoms with van der Waals surface area (Å²) in [4.78, 5) is 24.9. The van der Waals surface area contributed by atoms with Crippen molar-refractivity contribution in [3.63, 3.8) is 0 Å². The average molecular weight is 375 g/mol. The van der Waals surface area contributed by atoms with Crippen LogP contribution in [0.15, 0.2) is 30.6 Å². The number of fused-ring (bicyclic) bond motifs is 1. The number of benzene rings is 1. The third kappa shape index (κ3) is 3.52. The number of hydrogen-bond acceptors (Lipinski definition) is 4. The number of anilines is 1. The number of aromatic nitrogens is 2. The highest BCUT2D eigenvalue weighted by molar-refractivity contribution is 6.01. The lowest BCUT2D eigenvalue weighted by Crippen LogP contribution is -2.28. The van der Waals surface area contributed by atoms with E-state index < -0.39 is 0 Å². The number of halogens is 1. The molecular formula is C19H23ClN4O2. The van der Waals surface area contributed by atoms with Gasteiger partial charge in [0.05, 0.1) is 12.1 Å². The van der Waals surface area contributed by atoms with Crippen LogP contribution in [0.1, 0.15) is 40.2 Å². The standard InChI is InChI=1S/C19H22N4O2.ClH/c1-23-11-13(8-21-23)16-9-20-10-17(16)19(25)22-14-6-5-12-3-2-4-18(24)15(12)7-14;/h5-8,11,16-17,20H,2-4,9-10H2,1H3,(H,22,25);1H/t16-,17+;/m1./s1. The van der Waals surface area contributed by atoms with Crippen molar-refractivity contribution >= 4 is 29.8 Å². The molecule has 4 rings (SSSR count). The first-order chi connectivity index (χ1) is 12.1. The molecule has 1 fully saturated rings. The number of hydrogen-bond donors (Lipinski definition) is 2. The van der Waals surface area contributed by atoms with Gasteiger partial charge in [-0.15, -0.1) is 12.4 Å². The van der Waals surface area contributed by atoms with E-state index in [-0.39, 0.29) is 35.9 Å². The molecule has 0 unspecified atom stereocenters. The summed E-state index contributed by atoms with van der Waals surface area (Å²) in [7, 11) is 1.88. The van der Waals surface area contributed by atoms with Crippen molar-refractivity contribution < 1.29 is 9.59 Å². The lowest BCUT2D eigenvalue weighted by Gasteiger charge is -2.19. The van der Waals surface area contributed by atoms with Gasteiger partial charge >= 0.3 is 0 Å². The van der Waals surface area contributed by atoms with E-state index in [4.69, 9.17) is 0 Å². The molecule has 2 N–H and O–H groups in total. The van der Waals surface area contributed by atoms with Gasteiger partial charge in [0.1, 0.15) is 0 Å². The van der Waals surface area contributed by atoms with Gasteiger partial charge in [-0.3, -0.25) is 14.3 Å². The number of rotatable bonds is 3. The van der Waals surface area contributed by atoms with Gasteiger partial charge in [-0.1, -0.05) is 6.07 Å². The van der Waals surface area contributed by atoms with Crippen LogP contribution in [0.2, 0.25) is 0 Å². The summed E-state index contributed by atoms with van der Waals surface area (Å²) < 4.78 is 1.76. The summed E-state index contributed by atoms with van der Waals surface area (Å²) in [5, 5.41) is 10.5. The zero-order valence-electron chi connectivity index (χ0n) is 14.7. The Kier molecular flexibility index (Phi) is 5.44. The summed E-state index contributed by atoms with van der Waals surface area (Å²) in [5.41, 5.74) is 3.63. The molecule has 6 nitrogen and oxygen atoms in total. The van der Waals surface area contributed by atoms with Crippen molar-refractivity contribution in [1.82, 2.24) is 15.1 Å². The minimum atomic E-state index is -0.143. The van der Waals surface area contributed by atoms with Crippen LogP contribution in [-0.4, -0.2) is 34.6 Å². The first kappa shape index (κ1) is 18.6. The minimum absolute atomic E-state index is 0. The van der Waals surface area contributed by atoms with E-state index in [9.17, 15) is 9.59 Å². The predicted molar refractivity (Wildman–Crippen MR) is 102 cm³/mol. The molecule has 1 aromatic carbocycles. The van der Waals surface area contributed by atoms with Gasteiger partial charge in [0.2, 0.25) is 5.91 Å². The second-order valence-electron chi connectivity index (χ2n) is 6.96. The van der Waals surface area contributed by atoms with Gasteiger partial charge in [-0.25, -0.2) is 0 Å². The number of Topliss-reactive ketones (excluding diaryl/α,β-unsaturated/α-hetero) is 1. The number of aryl methyl sites for hydroxylation is 2. The minimum Gasteiger partial charge on any atom is -0.326 e. The van der Waals surface area contributed by atoms with Crippen molar-refractivity contribution in [2.24, 2.45) is 13.0 Å². The summed E-state index contributed by atoms with van der Waals surface area (Å²) in [6.07, 6.45) is 6.24. The number of nitrogens with one attached hydrogen (secondary N) is 2. The molecule has 0 bridgehead atoms. The van der Waals surface area contributed by atoms with Crippen LogP contribution in [0.3, 0.4) is 0 Å². The topological polar surface area (TPSA) is 76.0 Å². The SMILES string of the molecule is Cl.Cn1cc([C@H]2CNC[C@@H]2C(=O)Nc2ccc3c(c2)C(=O)CCC3)cn1. The summed E-state index contributed by atoms with van der Waals surface area (Å²) in [6, 6.07) is 5.69. The Labute approximate surface area is 158 Å². The molecule has 2 heterocycles. The van der Waals surface area contributed by atoms with Crippen LogP contribution in [0.4, 0.5) is 5.69 Å². The Bertz CT molecular complexity index is 833. The number of amides is 1. The maximum atomic E-state index is 12.8. The summed E-state index contributed by atoms with van der Waals surface area (Å²) in [5.74, 6) is 0.138. The molecule has 0 radical (unpaired) electrons. The Morgan fingerprint density at radius 3 is 2.92 bits per heavy atom. The molecule has 26 heavy (non-hydrogen) atoms. The molecule has 1 aromatic heterocycles. The fourth-order valence-corrected chi connectivity index (χ4v) is 3.88. The first-order valence-corrected chi connectivity index (χ1v) is 8.78. The Balaban J connectivity index is 0.00000196. The van der Waals surface area contributed by atoms with Gasteiger partial charge in [-0.2, -0.15) is 5.10 Å². The van der Waals surface area contributed by atoms with E-state index in [2.05, 4.69) is 15.7 Å². The first-order valence-electron chi connectivity index (χ1n) is 8.78. The number of carbonyl (C=O) groups excluding carboxylic acids is 2. The molecule has 0 saturated carbocycles. The second kappa shape index (κ2) is 7.60. The van der Waals surface area contributed by atoms with Crippen molar-refractivity contribution in [3.05, 3.63) is 47.3 Å². The van der Waals surface area contributed by atoms with E-state index >= 15 is 0 Å². The van der Waals surface area contributed by atoms with Crippen LogP contribution < -0.4 is 10.6 Å².